The van der Waals surface area contributed by atoms with Crippen LogP contribution >= 0.6 is 0 Å². The highest BCUT2D eigenvalue weighted by Gasteiger charge is 2.31. The fourth-order valence-corrected chi connectivity index (χ4v) is 3.09. The van der Waals surface area contributed by atoms with Gasteiger partial charge in [0.15, 0.2) is 5.69 Å². The van der Waals surface area contributed by atoms with Crippen molar-refractivity contribution < 1.29 is 37.0 Å². The van der Waals surface area contributed by atoms with E-state index in [1.165, 1.54) is 41.5 Å². The molecule has 2 amide bonds. The number of benzene rings is 2. The third-order valence-corrected chi connectivity index (χ3v) is 4.70. The number of aromatic nitrogens is 3. The number of urea groups is 1. The molecule has 0 spiro atoms. The number of carboxylic acid groups (broad SMARTS) is 1. The van der Waals surface area contributed by atoms with Gasteiger partial charge in [0.25, 0.3) is 0 Å². The van der Waals surface area contributed by atoms with Crippen LogP contribution in [0.1, 0.15) is 16.1 Å². The van der Waals surface area contributed by atoms with E-state index in [-0.39, 0.29) is 34.3 Å². The van der Waals surface area contributed by atoms with Gasteiger partial charge in [0, 0.05) is 30.7 Å². The Morgan fingerprint density at radius 2 is 1.69 bits per heavy atom. The summed E-state index contributed by atoms with van der Waals surface area (Å²) in [6, 6.07) is 9.21. The first-order valence-corrected chi connectivity index (χ1v) is 10.1. The number of pyridine rings is 1. The van der Waals surface area contributed by atoms with E-state index >= 15 is 0 Å². The molecule has 2 heterocycles. The van der Waals surface area contributed by atoms with Gasteiger partial charge < -0.3 is 20.5 Å². The summed E-state index contributed by atoms with van der Waals surface area (Å²) in [5, 5.41) is 17.5. The fraction of sp³-hybridized carbons (Fsp3) is 0.0435. The van der Waals surface area contributed by atoms with Gasteiger partial charge in [-0.2, -0.15) is 18.3 Å². The zero-order valence-electron chi connectivity index (χ0n) is 18.0. The van der Waals surface area contributed by atoms with Crippen molar-refractivity contribution in [3.63, 3.8) is 0 Å². The van der Waals surface area contributed by atoms with Crippen LogP contribution in [0.4, 0.5) is 33.7 Å². The second-order valence-corrected chi connectivity index (χ2v) is 7.19. The second kappa shape index (κ2) is 9.74. The fourth-order valence-electron chi connectivity index (χ4n) is 3.09. The highest BCUT2D eigenvalue weighted by atomic mass is 19.4. The first kappa shape index (κ1) is 24.2. The van der Waals surface area contributed by atoms with Crippen LogP contribution in [0.3, 0.4) is 0 Å². The molecule has 4 aromatic rings. The Bertz CT molecular complexity index is 1420. The molecule has 0 radical (unpaired) electrons. The van der Waals surface area contributed by atoms with Gasteiger partial charge in [-0.15, -0.1) is 0 Å². The molecule has 0 aliphatic rings. The lowest BCUT2D eigenvalue weighted by Crippen LogP contribution is -2.21. The number of anilines is 2. The molecule has 0 saturated carbocycles. The van der Waals surface area contributed by atoms with E-state index in [2.05, 4.69) is 20.7 Å². The number of carbonyl (C=O) groups is 2. The molecule has 0 atom stereocenters. The Morgan fingerprint density at radius 3 is 2.36 bits per heavy atom. The Morgan fingerprint density at radius 1 is 0.944 bits per heavy atom. The minimum absolute atomic E-state index is 0.000145. The Hall–Kier alpha value is -4.94. The topological polar surface area (TPSA) is 118 Å². The van der Waals surface area contributed by atoms with Crippen LogP contribution in [0.5, 0.6) is 11.5 Å². The van der Waals surface area contributed by atoms with E-state index in [1.54, 1.807) is 6.07 Å². The van der Waals surface area contributed by atoms with Gasteiger partial charge in [-0.3, -0.25) is 0 Å². The van der Waals surface area contributed by atoms with Gasteiger partial charge in [-0.05, 0) is 42.5 Å². The molecule has 0 aliphatic heterocycles. The number of hydrogen-bond donors (Lipinski definition) is 3. The summed E-state index contributed by atoms with van der Waals surface area (Å²) in [7, 11) is 0. The molecule has 13 heteroatoms. The minimum atomic E-state index is -4.66. The van der Waals surface area contributed by atoms with Crippen molar-refractivity contribution in [1.82, 2.24) is 14.8 Å². The number of hydrogen-bond acceptors (Lipinski definition) is 5. The van der Waals surface area contributed by atoms with Crippen LogP contribution in [0, 0.1) is 5.82 Å². The molecular formula is C23H15F4N5O4. The van der Waals surface area contributed by atoms with Crippen molar-refractivity contribution in [2.75, 3.05) is 10.6 Å². The predicted molar refractivity (Wildman–Crippen MR) is 119 cm³/mol. The molecule has 36 heavy (non-hydrogen) atoms. The van der Waals surface area contributed by atoms with Crippen LogP contribution in [0.15, 0.2) is 73.2 Å². The van der Waals surface area contributed by atoms with Crippen molar-refractivity contribution >= 4 is 23.4 Å². The lowest BCUT2D eigenvalue weighted by molar-refractivity contribution is -0.137. The molecule has 3 N–H and O–H groups in total. The number of carbonyl (C=O) groups excluding carboxylic acids is 1. The predicted octanol–water partition coefficient (Wildman–Crippen LogP) is 5.56. The molecule has 0 saturated heterocycles. The standard InChI is InChI=1S/C23H15F4N5O4/c24-16-11-14(36-15-6-8-28-19(12-15)21(33)34)3-4-17(16)30-22(35)31-18-10-13(23(25,26)27)2-5-20(18)32-9-1-7-29-32/h1-12H,(H,33,34)(H2,30,31,35). The SMILES string of the molecule is O=C(Nc1ccc(Oc2ccnc(C(=O)O)c2)cc1F)Nc1cc(C(F)(F)F)ccc1-n1cccn1. The first-order chi connectivity index (χ1) is 17.1. The normalized spacial score (nSPS) is 11.1. The van der Waals surface area contributed by atoms with Crippen LogP contribution < -0.4 is 15.4 Å². The van der Waals surface area contributed by atoms with E-state index in [0.717, 1.165) is 30.3 Å². The number of alkyl halides is 3. The molecular weight excluding hydrogens is 486 g/mol. The number of aromatic carboxylic acids is 1. The number of rotatable bonds is 6. The summed E-state index contributed by atoms with van der Waals surface area (Å²) in [4.78, 5) is 27.2. The van der Waals surface area contributed by atoms with E-state index in [1.807, 2.05) is 0 Å². The van der Waals surface area contributed by atoms with Crippen molar-refractivity contribution in [2.45, 2.75) is 6.18 Å². The number of carboxylic acids is 1. The van der Waals surface area contributed by atoms with Gasteiger partial charge in [-0.1, -0.05) is 0 Å². The molecule has 0 aliphatic carbocycles. The van der Waals surface area contributed by atoms with Crippen LogP contribution in [0.2, 0.25) is 0 Å². The van der Waals surface area contributed by atoms with Crippen molar-refractivity contribution in [2.24, 2.45) is 0 Å². The quantitative estimate of drug-likeness (QED) is 0.298. The summed E-state index contributed by atoms with van der Waals surface area (Å²) in [6.07, 6.45) is -0.556. The maximum atomic E-state index is 14.6. The Labute approximate surface area is 200 Å². The number of nitrogens with zero attached hydrogens (tertiary/aromatic N) is 3. The second-order valence-electron chi connectivity index (χ2n) is 7.19. The molecule has 184 valence electrons. The van der Waals surface area contributed by atoms with Gasteiger partial charge in [-0.25, -0.2) is 23.6 Å². The zero-order chi connectivity index (χ0) is 25.9. The number of halogens is 4. The van der Waals surface area contributed by atoms with Gasteiger partial charge in [0.05, 0.1) is 22.6 Å². The summed E-state index contributed by atoms with van der Waals surface area (Å²) in [5.41, 5.74) is -1.60. The first-order valence-electron chi connectivity index (χ1n) is 10.1. The smallest absolute Gasteiger partial charge is 0.416 e. The van der Waals surface area contributed by atoms with Crippen molar-refractivity contribution in [3.8, 4) is 17.2 Å². The van der Waals surface area contributed by atoms with E-state index in [4.69, 9.17) is 9.84 Å². The van der Waals surface area contributed by atoms with Gasteiger partial charge in [0.2, 0.25) is 0 Å². The lowest BCUT2D eigenvalue weighted by Gasteiger charge is -2.15. The van der Waals surface area contributed by atoms with E-state index in [9.17, 15) is 27.2 Å². The summed E-state index contributed by atoms with van der Waals surface area (Å²) >= 11 is 0. The van der Waals surface area contributed by atoms with Gasteiger partial charge in [0.1, 0.15) is 17.3 Å². The van der Waals surface area contributed by atoms with E-state index in [0.29, 0.717) is 0 Å². The molecule has 2 aromatic carbocycles. The maximum Gasteiger partial charge on any atom is 0.416 e. The van der Waals surface area contributed by atoms with Gasteiger partial charge >= 0.3 is 18.2 Å². The molecule has 0 fully saturated rings. The average molecular weight is 501 g/mol. The Balaban J connectivity index is 1.51. The molecule has 2 aromatic heterocycles. The largest absolute Gasteiger partial charge is 0.477 e. The molecule has 9 nitrogen and oxygen atoms in total. The lowest BCUT2D eigenvalue weighted by atomic mass is 10.1. The highest BCUT2D eigenvalue weighted by Crippen LogP contribution is 2.33. The number of nitrogens with one attached hydrogen (secondary N) is 2. The average Bonchev–Trinajstić information content (AvgIpc) is 3.35. The van der Waals surface area contributed by atoms with Crippen LogP contribution in [-0.2, 0) is 6.18 Å². The van der Waals surface area contributed by atoms with Crippen LogP contribution in [-0.4, -0.2) is 31.9 Å². The van der Waals surface area contributed by atoms with Crippen LogP contribution in [0.25, 0.3) is 5.69 Å². The third kappa shape index (κ3) is 5.58. The van der Waals surface area contributed by atoms with Crippen molar-refractivity contribution in [3.05, 3.63) is 90.3 Å². The van der Waals surface area contributed by atoms with E-state index < -0.39 is 29.6 Å². The maximum absolute atomic E-state index is 14.6. The minimum Gasteiger partial charge on any atom is -0.477 e. The Kier molecular flexibility index (Phi) is 6.54. The third-order valence-electron chi connectivity index (χ3n) is 4.70. The highest BCUT2D eigenvalue weighted by molar-refractivity contribution is 6.01. The molecule has 4 rings (SSSR count). The monoisotopic (exact) mass is 501 g/mol. The van der Waals surface area contributed by atoms with Crippen molar-refractivity contribution in [1.29, 1.82) is 0 Å². The summed E-state index contributed by atoms with van der Waals surface area (Å²) in [5.74, 6) is -2.09. The summed E-state index contributed by atoms with van der Waals surface area (Å²) < 4.78 is 60.8. The molecule has 0 bridgehead atoms. The summed E-state index contributed by atoms with van der Waals surface area (Å²) in [6.45, 7) is 0. The number of ether oxygens (including phenoxy) is 1. The number of amides is 2. The zero-order valence-corrected chi connectivity index (χ0v) is 18.0. The molecule has 0 unspecified atom stereocenters.